The number of unbranched alkanes of at least 4 members (excludes halogenated alkanes) is 2. The molecule has 106 valence electrons. The van der Waals surface area contributed by atoms with E-state index in [1.165, 1.54) is 51.4 Å². The lowest BCUT2D eigenvalue weighted by atomic mass is 9.74. The third-order valence-electron chi connectivity index (χ3n) is 4.32. The van der Waals surface area contributed by atoms with Gasteiger partial charge in [0.1, 0.15) is 5.78 Å². The molecule has 0 bridgehead atoms. The SMILES string of the molecule is CCCCCC1CCCCC1CC(=O)CCCF. The number of carbonyl (C=O) groups is 1. The van der Waals surface area contributed by atoms with Crippen LogP contribution in [0, 0.1) is 11.8 Å². The third kappa shape index (κ3) is 5.97. The summed E-state index contributed by atoms with van der Waals surface area (Å²) < 4.78 is 12.1. The van der Waals surface area contributed by atoms with Gasteiger partial charge in [0.05, 0.1) is 6.67 Å². The molecule has 0 aromatic heterocycles. The second-order valence-electron chi connectivity index (χ2n) is 5.84. The van der Waals surface area contributed by atoms with Crippen LogP contribution in [0.15, 0.2) is 0 Å². The van der Waals surface area contributed by atoms with E-state index in [1.807, 2.05) is 0 Å². The van der Waals surface area contributed by atoms with Crippen LogP contribution in [-0.4, -0.2) is 12.5 Å². The molecule has 0 aromatic carbocycles. The number of rotatable bonds is 9. The highest BCUT2D eigenvalue weighted by atomic mass is 19.1. The topological polar surface area (TPSA) is 17.1 Å². The number of alkyl halides is 1. The number of hydrogen-bond acceptors (Lipinski definition) is 1. The summed E-state index contributed by atoms with van der Waals surface area (Å²) >= 11 is 0. The zero-order chi connectivity index (χ0) is 13.2. The summed E-state index contributed by atoms with van der Waals surface area (Å²) in [5, 5.41) is 0. The first kappa shape index (κ1) is 15.7. The smallest absolute Gasteiger partial charge is 0.133 e. The number of ketones is 1. The highest BCUT2D eigenvalue weighted by Crippen LogP contribution is 2.36. The van der Waals surface area contributed by atoms with Crippen molar-refractivity contribution in [1.82, 2.24) is 0 Å². The molecule has 18 heavy (non-hydrogen) atoms. The van der Waals surface area contributed by atoms with E-state index >= 15 is 0 Å². The Morgan fingerprint density at radius 2 is 1.83 bits per heavy atom. The van der Waals surface area contributed by atoms with E-state index in [-0.39, 0.29) is 6.67 Å². The van der Waals surface area contributed by atoms with Crippen molar-refractivity contribution in [2.45, 2.75) is 77.6 Å². The van der Waals surface area contributed by atoms with Crippen LogP contribution in [0.5, 0.6) is 0 Å². The molecule has 0 aliphatic heterocycles. The summed E-state index contributed by atoms with van der Waals surface area (Å²) in [6.45, 7) is 1.88. The fourth-order valence-electron chi connectivity index (χ4n) is 3.25. The molecular formula is C16H29FO. The molecular weight excluding hydrogens is 227 g/mol. The quantitative estimate of drug-likeness (QED) is 0.526. The van der Waals surface area contributed by atoms with Crippen LogP contribution < -0.4 is 0 Å². The zero-order valence-electron chi connectivity index (χ0n) is 11.9. The molecule has 2 unspecified atom stereocenters. The van der Waals surface area contributed by atoms with Gasteiger partial charge in [0.2, 0.25) is 0 Å². The highest BCUT2D eigenvalue weighted by Gasteiger charge is 2.26. The summed E-state index contributed by atoms with van der Waals surface area (Å²) in [5.74, 6) is 1.65. The van der Waals surface area contributed by atoms with E-state index in [2.05, 4.69) is 6.92 Å². The van der Waals surface area contributed by atoms with Gasteiger partial charge in [-0.15, -0.1) is 0 Å². The van der Waals surface area contributed by atoms with Crippen LogP contribution in [0.4, 0.5) is 4.39 Å². The van der Waals surface area contributed by atoms with Crippen molar-refractivity contribution in [3.8, 4) is 0 Å². The van der Waals surface area contributed by atoms with E-state index in [0.717, 1.165) is 12.3 Å². The highest BCUT2D eigenvalue weighted by molar-refractivity contribution is 5.78. The van der Waals surface area contributed by atoms with Crippen molar-refractivity contribution in [2.24, 2.45) is 11.8 Å². The fourth-order valence-corrected chi connectivity index (χ4v) is 3.25. The first-order valence-electron chi connectivity index (χ1n) is 7.85. The minimum atomic E-state index is -0.351. The molecule has 0 radical (unpaired) electrons. The van der Waals surface area contributed by atoms with Crippen LogP contribution in [0.2, 0.25) is 0 Å². The minimum Gasteiger partial charge on any atom is -0.300 e. The van der Waals surface area contributed by atoms with Crippen molar-refractivity contribution in [2.75, 3.05) is 6.67 Å². The van der Waals surface area contributed by atoms with Crippen LogP contribution in [-0.2, 0) is 4.79 Å². The van der Waals surface area contributed by atoms with Gasteiger partial charge in [0.15, 0.2) is 0 Å². The molecule has 0 aromatic rings. The van der Waals surface area contributed by atoms with Crippen LogP contribution in [0.25, 0.3) is 0 Å². The maximum Gasteiger partial charge on any atom is 0.133 e. The van der Waals surface area contributed by atoms with Crippen LogP contribution in [0.1, 0.15) is 77.6 Å². The van der Waals surface area contributed by atoms with Gasteiger partial charge < -0.3 is 0 Å². The third-order valence-corrected chi connectivity index (χ3v) is 4.32. The number of hydrogen-bond donors (Lipinski definition) is 0. The second kappa shape index (κ2) is 9.52. The molecule has 0 heterocycles. The number of carbonyl (C=O) groups excluding carboxylic acids is 1. The molecule has 1 aliphatic rings. The van der Waals surface area contributed by atoms with Crippen LogP contribution in [0.3, 0.4) is 0 Å². The molecule has 2 atom stereocenters. The minimum absolute atomic E-state index is 0.292. The van der Waals surface area contributed by atoms with Crippen molar-refractivity contribution in [3.05, 3.63) is 0 Å². The lowest BCUT2D eigenvalue weighted by Crippen LogP contribution is -2.22. The Bertz CT molecular complexity index is 227. The van der Waals surface area contributed by atoms with Gasteiger partial charge >= 0.3 is 0 Å². The average molecular weight is 256 g/mol. The van der Waals surface area contributed by atoms with E-state index in [9.17, 15) is 9.18 Å². The molecule has 0 amide bonds. The van der Waals surface area contributed by atoms with E-state index in [1.54, 1.807) is 0 Å². The first-order chi connectivity index (χ1) is 8.77. The maximum atomic E-state index is 12.1. The molecule has 1 rings (SSSR count). The van der Waals surface area contributed by atoms with Crippen LogP contribution >= 0.6 is 0 Å². The Morgan fingerprint density at radius 1 is 1.11 bits per heavy atom. The van der Waals surface area contributed by atoms with Crippen molar-refractivity contribution in [1.29, 1.82) is 0 Å². The van der Waals surface area contributed by atoms with Crippen molar-refractivity contribution < 1.29 is 9.18 Å². The summed E-state index contributed by atoms with van der Waals surface area (Å²) in [6, 6.07) is 0. The Balaban J connectivity index is 2.31. The van der Waals surface area contributed by atoms with Gasteiger partial charge in [0.25, 0.3) is 0 Å². The van der Waals surface area contributed by atoms with E-state index in [0.29, 0.717) is 24.5 Å². The molecule has 1 fully saturated rings. The van der Waals surface area contributed by atoms with Crippen molar-refractivity contribution in [3.63, 3.8) is 0 Å². The molecule has 1 aliphatic carbocycles. The fraction of sp³-hybridized carbons (Fsp3) is 0.938. The molecule has 0 saturated heterocycles. The summed E-state index contributed by atoms with van der Waals surface area (Å²) in [7, 11) is 0. The van der Waals surface area contributed by atoms with Gasteiger partial charge in [0, 0.05) is 12.8 Å². The predicted octanol–water partition coefficient (Wildman–Crippen LogP) is 5.08. The summed E-state index contributed by atoms with van der Waals surface area (Å²) in [5.41, 5.74) is 0. The molecule has 1 saturated carbocycles. The first-order valence-corrected chi connectivity index (χ1v) is 7.85. The Labute approximate surface area is 112 Å². The Kier molecular flexibility index (Phi) is 8.28. The van der Waals surface area contributed by atoms with Gasteiger partial charge in [-0.3, -0.25) is 9.18 Å². The summed E-state index contributed by atoms with van der Waals surface area (Å²) in [4.78, 5) is 11.8. The lowest BCUT2D eigenvalue weighted by molar-refractivity contribution is -0.120. The number of halogens is 1. The molecule has 0 N–H and O–H groups in total. The van der Waals surface area contributed by atoms with Gasteiger partial charge in [-0.05, 0) is 24.7 Å². The zero-order valence-corrected chi connectivity index (χ0v) is 11.9. The maximum absolute atomic E-state index is 12.1. The standard InChI is InChI=1S/C16H29FO/c1-2-3-4-8-14-9-5-6-10-15(14)13-16(18)11-7-12-17/h14-15H,2-13H2,1H3. The van der Waals surface area contributed by atoms with Gasteiger partial charge in [-0.2, -0.15) is 0 Å². The van der Waals surface area contributed by atoms with Gasteiger partial charge in [-0.25, -0.2) is 0 Å². The molecule has 2 heteroatoms. The van der Waals surface area contributed by atoms with E-state index in [4.69, 9.17) is 0 Å². The normalized spacial score (nSPS) is 24.1. The molecule has 1 nitrogen and oxygen atoms in total. The van der Waals surface area contributed by atoms with Crippen molar-refractivity contribution >= 4 is 5.78 Å². The molecule has 0 spiro atoms. The predicted molar refractivity (Wildman–Crippen MR) is 74.4 cm³/mol. The number of Topliss-reactive ketones (excluding diaryl/α,β-unsaturated/α-hetero) is 1. The largest absolute Gasteiger partial charge is 0.300 e. The Hall–Kier alpha value is -0.400. The average Bonchev–Trinajstić information content (AvgIpc) is 2.38. The Morgan fingerprint density at radius 3 is 2.50 bits per heavy atom. The van der Waals surface area contributed by atoms with E-state index < -0.39 is 0 Å². The van der Waals surface area contributed by atoms with Gasteiger partial charge in [-0.1, -0.05) is 51.9 Å². The monoisotopic (exact) mass is 256 g/mol. The second-order valence-corrected chi connectivity index (χ2v) is 5.84. The lowest BCUT2D eigenvalue weighted by Gasteiger charge is -2.31. The summed E-state index contributed by atoms with van der Waals surface area (Å²) in [6.07, 6.45) is 12.0.